The smallest absolute Gasteiger partial charge is 0.257 e. The lowest BCUT2D eigenvalue weighted by Crippen LogP contribution is -2.29. The summed E-state index contributed by atoms with van der Waals surface area (Å²) in [6.45, 7) is 3.03. The molecule has 0 aromatic carbocycles. The Bertz CT molecular complexity index is 1040. The standard InChI is InChI=1S/C19H20N6O2/c1-12-15(10-21-24(12)2)19(27)25-8-5-14(11-25)18-22-16(9-17(26)23-18)13-3-6-20-7-4-13/h3-4,6-7,9-10,14H,5,8,11H2,1-2H3,(H,22,23,26)/t14-/m0/s1. The minimum absolute atomic E-state index is 0.000384. The average molecular weight is 364 g/mol. The number of hydrogen-bond acceptors (Lipinski definition) is 5. The molecule has 0 aliphatic carbocycles. The molecular weight excluding hydrogens is 344 g/mol. The molecule has 3 aromatic rings. The average Bonchev–Trinajstić information content (AvgIpc) is 3.29. The predicted molar refractivity (Wildman–Crippen MR) is 99.3 cm³/mol. The van der Waals surface area contributed by atoms with Gasteiger partial charge in [0.1, 0.15) is 5.82 Å². The molecule has 4 rings (SSSR count). The van der Waals surface area contributed by atoms with Crippen LogP contribution in [0.3, 0.4) is 0 Å². The Hall–Kier alpha value is -3.29. The van der Waals surface area contributed by atoms with Gasteiger partial charge in [-0.25, -0.2) is 4.98 Å². The summed E-state index contributed by atoms with van der Waals surface area (Å²) >= 11 is 0. The van der Waals surface area contributed by atoms with Crippen molar-refractivity contribution >= 4 is 5.91 Å². The lowest BCUT2D eigenvalue weighted by Gasteiger charge is -2.16. The zero-order valence-electron chi connectivity index (χ0n) is 15.2. The number of aromatic nitrogens is 5. The molecule has 0 bridgehead atoms. The summed E-state index contributed by atoms with van der Waals surface area (Å²) < 4.78 is 1.69. The van der Waals surface area contributed by atoms with Crippen LogP contribution in [0.25, 0.3) is 11.3 Å². The van der Waals surface area contributed by atoms with Gasteiger partial charge in [0.05, 0.1) is 17.5 Å². The lowest BCUT2D eigenvalue weighted by molar-refractivity contribution is 0.0789. The first kappa shape index (κ1) is 17.1. The lowest BCUT2D eigenvalue weighted by atomic mass is 10.1. The Balaban J connectivity index is 1.57. The molecule has 138 valence electrons. The van der Waals surface area contributed by atoms with Gasteiger partial charge in [0.25, 0.3) is 11.5 Å². The van der Waals surface area contributed by atoms with E-state index in [0.29, 0.717) is 30.2 Å². The van der Waals surface area contributed by atoms with Crippen molar-refractivity contribution in [1.82, 2.24) is 29.6 Å². The van der Waals surface area contributed by atoms with Gasteiger partial charge in [-0.15, -0.1) is 0 Å². The molecule has 1 fully saturated rings. The summed E-state index contributed by atoms with van der Waals surface area (Å²) in [5.74, 6) is 0.587. The molecule has 1 amide bonds. The molecule has 8 heteroatoms. The highest BCUT2D eigenvalue weighted by atomic mass is 16.2. The summed E-state index contributed by atoms with van der Waals surface area (Å²) in [5.41, 5.74) is 2.72. The first-order chi connectivity index (χ1) is 13.0. The third-order valence-electron chi connectivity index (χ3n) is 5.06. The number of aromatic amines is 1. The van der Waals surface area contributed by atoms with Gasteiger partial charge in [0.2, 0.25) is 0 Å². The van der Waals surface area contributed by atoms with Crippen molar-refractivity contribution in [3.05, 3.63) is 64.2 Å². The third-order valence-corrected chi connectivity index (χ3v) is 5.06. The SMILES string of the molecule is Cc1c(C(=O)N2CC[C@H](c3nc(-c4ccncc4)cc(=O)[nH]3)C2)cnn1C. The summed E-state index contributed by atoms with van der Waals surface area (Å²) in [4.78, 5) is 38.2. The van der Waals surface area contributed by atoms with Gasteiger partial charge in [-0.3, -0.25) is 19.3 Å². The molecule has 1 atom stereocenters. The van der Waals surface area contributed by atoms with Crippen LogP contribution in [0.5, 0.6) is 0 Å². The number of aryl methyl sites for hydroxylation is 1. The Labute approximate surface area is 155 Å². The molecule has 27 heavy (non-hydrogen) atoms. The molecule has 8 nitrogen and oxygen atoms in total. The normalized spacial score (nSPS) is 16.7. The Morgan fingerprint density at radius 3 is 2.78 bits per heavy atom. The van der Waals surface area contributed by atoms with E-state index in [4.69, 9.17) is 0 Å². The minimum atomic E-state index is -0.195. The molecule has 0 spiro atoms. The van der Waals surface area contributed by atoms with Gasteiger partial charge in [-0.1, -0.05) is 0 Å². The van der Waals surface area contributed by atoms with Crippen LogP contribution in [0.1, 0.15) is 34.2 Å². The largest absolute Gasteiger partial charge is 0.338 e. The number of carbonyl (C=O) groups excluding carboxylic acids is 1. The van der Waals surface area contributed by atoms with E-state index >= 15 is 0 Å². The Morgan fingerprint density at radius 2 is 2.07 bits per heavy atom. The maximum absolute atomic E-state index is 12.8. The summed E-state index contributed by atoms with van der Waals surface area (Å²) in [6.07, 6.45) is 5.71. The highest BCUT2D eigenvalue weighted by molar-refractivity contribution is 5.95. The number of likely N-dealkylation sites (tertiary alicyclic amines) is 1. The molecule has 1 N–H and O–H groups in total. The molecule has 1 aliphatic heterocycles. The van der Waals surface area contributed by atoms with E-state index in [1.165, 1.54) is 6.07 Å². The van der Waals surface area contributed by atoms with Gasteiger partial charge in [-0.2, -0.15) is 5.10 Å². The van der Waals surface area contributed by atoms with Crippen LogP contribution in [0, 0.1) is 6.92 Å². The van der Waals surface area contributed by atoms with E-state index in [9.17, 15) is 9.59 Å². The number of nitrogens with zero attached hydrogens (tertiary/aromatic N) is 5. The number of nitrogens with one attached hydrogen (secondary N) is 1. The van der Waals surface area contributed by atoms with Crippen LogP contribution < -0.4 is 5.56 Å². The number of amides is 1. The maximum Gasteiger partial charge on any atom is 0.257 e. The van der Waals surface area contributed by atoms with E-state index in [-0.39, 0.29) is 17.4 Å². The molecule has 4 heterocycles. The molecule has 1 saturated heterocycles. The van der Waals surface area contributed by atoms with Gasteiger partial charge in [0.15, 0.2) is 0 Å². The van der Waals surface area contributed by atoms with Gasteiger partial charge in [-0.05, 0) is 25.5 Å². The fourth-order valence-electron chi connectivity index (χ4n) is 3.39. The maximum atomic E-state index is 12.8. The van der Waals surface area contributed by atoms with Gasteiger partial charge >= 0.3 is 0 Å². The number of pyridine rings is 1. The summed E-state index contributed by atoms with van der Waals surface area (Å²) in [7, 11) is 1.82. The molecule has 0 saturated carbocycles. The quantitative estimate of drug-likeness (QED) is 0.760. The number of rotatable bonds is 3. The molecular formula is C19H20N6O2. The van der Waals surface area contributed by atoms with Crippen LogP contribution in [0.2, 0.25) is 0 Å². The first-order valence-corrected chi connectivity index (χ1v) is 8.82. The van der Waals surface area contributed by atoms with E-state index in [1.807, 2.05) is 26.1 Å². The van der Waals surface area contributed by atoms with Crippen LogP contribution >= 0.6 is 0 Å². The molecule has 1 aliphatic rings. The number of H-pyrrole nitrogens is 1. The Kier molecular flexibility index (Phi) is 4.31. The highest BCUT2D eigenvalue weighted by Gasteiger charge is 2.31. The van der Waals surface area contributed by atoms with Crippen molar-refractivity contribution < 1.29 is 4.79 Å². The van der Waals surface area contributed by atoms with Crippen LogP contribution in [-0.4, -0.2) is 48.6 Å². The van der Waals surface area contributed by atoms with Crippen molar-refractivity contribution in [2.75, 3.05) is 13.1 Å². The fourth-order valence-corrected chi connectivity index (χ4v) is 3.39. The van der Waals surface area contributed by atoms with Gasteiger partial charge in [0, 0.05) is 55.8 Å². The zero-order chi connectivity index (χ0) is 19.0. The van der Waals surface area contributed by atoms with Crippen molar-refractivity contribution in [3.63, 3.8) is 0 Å². The fraction of sp³-hybridized carbons (Fsp3) is 0.316. The highest BCUT2D eigenvalue weighted by Crippen LogP contribution is 2.27. The second kappa shape index (κ2) is 6.79. The van der Waals surface area contributed by atoms with E-state index in [1.54, 1.807) is 28.2 Å². The monoisotopic (exact) mass is 364 g/mol. The van der Waals surface area contributed by atoms with Crippen LogP contribution in [0.4, 0.5) is 0 Å². The van der Waals surface area contributed by atoms with Crippen molar-refractivity contribution in [2.24, 2.45) is 7.05 Å². The van der Waals surface area contributed by atoms with E-state index in [0.717, 1.165) is 17.7 Å². The molecule has 0 unspecified atom stereocenters. The first-order valence-electron chi connectivity index (χ1n) is 8.82. The topological polar surface area (TPSA) is 96.8 Å². The number of hydrogen-bond donors (Lipinski definition) is 1. The summed E-state index contributed by atoms with van der Waals surface area (Å²) in [5, 5.41) is 4.15. The van der Waals surface area contributed by atoms with Crippen molar-refractivity contribution in [2.45, 2.75) is 19.3 Å². The van der Waals surface area contributed by atoms with E-state index in [2.05, 4.69) is 20.1 Å². The Morgan fingerprint density at radius 1 is 1.30 bits per heavy atom. The molecule has 0 radical (unpaired) electrons. The zero-order valence-corrected chi connectivity index (χ0v) is 15.2. The predicted octanol–water partition coefficient (Wildman–Crippen LogP) is 1.50. The van der Waals surface area contributed by atoms with Crippen molar-refractivity contribution in [1.29, 1.82) is 0 Å². The second-order valence-corrected chi connectivity index (χ2v) is 6.76. The van der Waals surface area contributed by atoms with E-state index < -0.39 is 0 Å². The second-order valence-electron chi connectivity index (χ2n) is 6.76. The minimum Gasteiger partial charge on any atom is -0.338 e. The van der Waals surface area contributed by atoms with Crippen LogP contribution in [0.15, 0.2) is 41.6 Å². The van der Waals surface area contributed by atoms with Crippen LogP contribution in [-0.2, 0) is 7.05 Å². The molecule has 3 aromatic heterocycles. The van der Waals surface area contributed by atoms with Gasteiger partial charge < -0.3 is 9.88 Å². The van der Waals surface area contributed by atoms with Crippen molar-refractivity contribution in [3.8, 4) is 11.3 Å². The third kappa shape index (κ3) is 3.25. The summed E-state index contributed by atoms with van der Waals surface area (Å²) in [6, 6.07) is 5.12. The number of carbonyl (C=O) groups is 1.